The predicted molar refractivity (Wildman–Crippen MR) is 118 cm³/mol. The van der Waals surface area contributed by atoms with Gasteiger partial charge in [-0.05, 0) is 36.8 Å². The quantitative estimate of drug-likeness (QED) is 0.524. The second kappa shape index (κ2) is 8.06. The van der Waals surface area contributed by atoms with Gasteiger partial charge >= 0.3 is 0 Å². The van der Waals surface area contributed by atoms with Gasteiger partial charge in [0.1, 0.15) is 29.1 Å². The van der Waals surface area contributed by atoms with E-state index in [1.165, 1.54) is 24.9 Å². The lowest BCUT2D eigenvalue weighted by atomic mass is 9.82. The minimum Gasteiger partial charge on any atom is -0.495 e. The van der Waals surface area contributed by atoms with Crippen LogP contribution in [0.15, 0.2) is 59.2 Å². The summed E-state index contributed by atoms with van der Waals surface area (Å²) in [5.41, 5.74) is -0.158. The van der Waals surface area contributed by atoms with E-state index in [1.807, 2.05) is 24.3 Å². The Labute approximate surface area is 187 Å². The molecule has 0 fully saturated rings. The van der Waals surface area contributed by atoms with Crippen LogP contribution in [0.2, 0.25) is 0 Å². The molecule has 1 aliphatic rings. The summed E-state index contributed by atoms with van der Waals surface area (Å²) in [5, 5.41) is 31.2. The highest BCUT2D eigenvalue weighted by molar-refractivity contribution is 9.10. The van der Waals surface area contributed by atoms with Crippen LogP contribution in [-0.2, 0) is 10.5 Å². The van der Waals surface area contributed by atoms with Crippen molar-refractivity contribution in [2.45, 2.75) is 18.7 Å². The molecule has 8 nitrogen and oxygen atoms in total. The van der Waals surface area contributed by atoms with Gasteiger partial charge in [0, 0.05) is 4.47 Å². The largest absolute Gasteiger partial charge is 0.495 e. The number of amides is 1. The molecule has 0 bridgehead atoms. The molecule has 3 aromatic rings. The van der Waals surface area contributed by atoms with Crippen molar-refractivity contribution in [1.82, 2.24) is 9.78 Å². The molecule has 0 unspecified atom stereocenters. The van der Waals surface area contributed by atoms with Gasteiger partial charge in [0.25, 0.3) is 0 Å². The highest BCUT2D eigenvalue weighted by atomic mass is 79.9. The molecule has 1 amide bonds. The van der Waals surface area contributed by atoms with Crippen LogP contribution in [0, 0.1) is 17.2 Å². The number of benzene rings is 2. The lowest BCUT2D eigenvalue weighted by Gasteiger charge is -2.43. The number of nitrogens with zero attached hydrogens (tertiary/aromatic N) is 3. The molecule has 0 spiro atoms. The minimum absolute atomic E-state index is 0.283. The first kappa shape index (κ1) is 20.9. The number of anilines is 2. The highest BCUT2D eigenvalue weighted by Gasteiger charge is 2.50. The first-order chi connectivity index (χ1) is 14.9. The van der Waals surface area contributed by atoms with E-state index in [0.717, 1.165) is 10.0 Å². The number of para-hydroxylation sites is 2. The summed E-state index contributed by atoms with van der Waals surface area (Å²) < 4.78 is 7.50. The Bertz CT molecular complexity index is 1170. The monoisotopic (exact) mass is 481 g/mol. The predicted octanol–water partition coefficient (Wildman–Crippen LogP) is 3.61. The van der Waals surface area contributed by atoms with E-state index in [2.05, 4.69) is 37.7 Å². The molecule has 2 aromatic carbocycles. The second-order valence-corrected chi connectivity index (χ2v) is 8.28. The molecule has 3 atom stereocenters. The summed E-state index contributed by atoms with van der Waals surface area (Å²) in [4.78, 5) is 13.5. The number of rotatable bonds is 4. The van der Waals surface area contributed by atoms with Gasteiger partial charge in [-0.15, -0.1) is 0 Å². The number of carbonyl (C=O) groups is 1. The van der Waals surface area contributed by atoms with E-state index in [1.54, 1.807) is 24.3 Å². The number of fused-ring (bicyclic) bond motifs is 1. The van der Waals surface area contributed by atoms with Crippen molar-refractivity contribution in [2.75, 3.05) is 17.7 Å². The van der Waals surface area contributed by atoms with Gasteiger partial charge in [-0.1, -0.05) is 40.2 Å². The maximum Gasteiger partial charge on any atom is 0.234 e. The van der Waals surface area contributed by atoms with Crippen molar-refractivity contribution in [3.8, 4) is 11.8 Å². The van der Waals surface area contributed by atoms with Crippen molar-refractivity contribution in [1.29, 1.82) is 5.26 Å². The van der Waals surface area contributed by atoms with Gasteiger partial charge < -0.3 is 20.5 Å². The van der Waals surface area contributed by atoms with Crippen molar-refractivity contribution in [2.24, 2.45) is 5.92 Å². The van der Waals surface area contributed by atoms with Crippen LogP contribution in [0.4, 0.5) is 11.5 Å². The van der Waals surface area contributed by atoms with Crippen LogP contribution < -0.4 is 15.4 Å². The summed E-state index contributed by atoms with van der Waals surface area (Å²) in [5.74, 6) is -0.528. The molecule has 1 aromatic heterocycles. The third kappa shape index (κ3) is 3.65. The molecule has 0 aliphatic carbocycles. The number of nitrogens with one attached hydrogen (secondary N) is 2. The minimum atomic E-state index is -1.71. The Morgan fingerprint density at radius 2 is 2.03 bits per heavy atom. The number of hydrogen-bond acceptors (Lipinski definition) is 6. The van der Waals surface area contributed by atoms with E-state index in [0.29, 0.717) is 17.3 Å². The molecule has 2 heterocycles. The van der Waals surface area contributed by atoms with Crippen LogP contribution in [0.3, 0.4) is 0 Å². The third-order valence-electron chi connectivity index (χ3n) is 5.41. The summed E-state index contributed by atoms with van der Waals surface area (Å²) in [6.45, 7) is 1.52. The first-order valence-corrected chi connectivity index (χ1v) is 10.3. The number of ether oxygens (including phenoxy) is 1. The van der Waals surface area contributed by atoms with E-state index >= 15 is 0 Å². The van der Waals surface area contributed by atoms with Crippen LogP contribution in [0.5, 0.6) is 5.75 Å². The molecule has 31 heavy (non-hydrogen) atoms. The van der Waals surface area contributed by atoms with E-state index in [-0.39, 0.29) is 5.56 Å². The van der Waals surface area contributed by atoms with Crippen LogP contribution in [-0.4, -0.2) is 27.9 Å². The Morgan fingerprint density at radius 1 is 1.32 bits per heavy atom. The van der Waals surface area contributed by atoms with Crippen molar-refractivity contribution >= 4 is 33.3 Å². The van der Waals surface area contributed by atoms with Crippen LogP contribution in [0.25, 0.3) is 0 Å². The fourth-order valence-electron chi connectivity index (χ4n) is 3.89. The normalized spacial score (nSPS) is 22.0. The van der Waals surface area contributed by atoms with Crippen molar-refractivity contribution in [3.63, 3.8) is 0 Å². The number of methoxy groups -OCH3 is 1. The molecule has 0 saturated carbocycles. The maximum absolute atomic E-state index is 13.5. The smallest absolute Gasteiger partial charge is 0.234 e. The Kier molecular flexibility index (Phi) is 5.43. The standard InChI is InChI=1S/C22H20BrN5O3/c1-22(30)18(21(29)26-16-5-3-4-6-17(16)31-2)19(13-7-9-15(23)10-8-13)27-20-14(11-24)12-25-28(20)22/h3-10,12,18-19,27,30H,1-2H3,(H,26,29)/t18-,19-,22+/m0/s1. The molecule has 0 saturated heterocycles. The molecule has 9 heteroatoms. The summed E-state index contributed by atoms with van der Waals surface area (Å²) in [7, 11) is 1.52. The number of carbonyl (C=O) groups excluding carboxylic acids is 1. The van der Waals surface area contributed by atoms with Gasteiger partial charge in [0.05, 0.1) is 25.0 Å². The average molecular weight is 482 g/mol. The van der Waals surface area contributed by atoms with Gasteiger partial charge in [0.2, 0.25) is 5.91 Å². The number of aliphatic hydroxyl groups is 1. The molecule has 158 valence electrons. The SMILES string of the molecule is COc1ccccc1NC(=O)[C@@H]1[C@H](c2ccc(Br)cc2)Nc2c(C#N)cnn2[C@]1(C)O. The molecular weight excluding hydrogens is 462 g/mol. The number of hydrogen-bond donors (Lipinski definition) is 3. The van der Waals surface area contributed by atoms with Crippen molar-refractivity contribution in [3.05, 3.63) is 70.3 Å². The zero-order valence-electron chi connectivity index (χ0n) is 16.8. The van der Waals surface area contributed by atoms with Crippen LogP contribution in [0.1, 0.15) is 24.1 Å². The Balaban J connectivity index is 1.80. The number of aromatic nitrogens is 2. The second-order valence-electron chi connectivity index (χ2n) is 7.37. The summed E-state index contributed by atoms with van der Waals surface area (Å²) in [6, 6.07) is 15.9. The Morgan fingerprint density at radius 3 is 2.71 bits per heavy atom. The lowest BCUT2D eigenvalue weighted by Crippen LogP contribution is -2.53. The summed E-state index contributed by atoms with van der Waals surface area (Å²) >= 11 is 3.42. The number of nitriles is 1. The van der Waals surface area contributed by atoms with E-state index in [4.69, 9.17) is 4.74 Å². The lowest BCUT2D eigenvalue weighted by molar-refractivity contribution is -0.143. The molecule has 0 radical (unpaired) electrons. The fourth-order valence-corrected chi connectivity index (χ4v) is 4.16. The van der Waals surface area contributed by atoms with Gasteiger partial charge in [0.15, 0.2) is 5.72 Å². The molecule has 3 N–H and O–H groups in total. The van der Waals surface area contributed by atoms with Crippen LogP contribution >= 0.6 is 15.9 Å². The molecular formula is C22H20BrN5O3. The third-order valence-corrected chi connectivity index (χ3v) is 5.94. The van der Waals surface area contributed by atoms with Gasteiger partial charge in [-0.2, -0.15) is 10.4 Å². The zero-order valence-corrected chi connectivity index (χ0v) is 18.4. The maximum atomic E-state index is 13.5. The molecule has 1 aliphatic heterocycles. The zero-order chi connectivity index (χ0) is 22.2. The number of halogens is 1. The topological polar surface area (TPSA) is 112 Å². The van der Waals surface area contributed by atoms with E-state index in [9.17, 15) is 15.2 Å². The highest BCUT2D eigenvalue weighted by Crippen LogP contribution is 2.44. The van der Waals surface area contributed by atoms with Gasteiger partial charge in [-0.25, -0.2) is 4.68 Å². The Hall–Kier alpha value is -3.35. The summed E-state index contributed by atoms with van der Waals surface area (Å²) in [6.07, 6.45) is 1.37. The fraction of sp³-hybridized carbons (Fsp3) is 0.227. The van der Waals surface area contributed by atoms with Gasteiger partial charge in [-0.3, -0.25) is 4.79 Å². The first-order valence-electron chi connectivity index (χ1n) is 9.53. The average Bonchev–Trinajstić information content (AvgIpc) is 3.18. The van der Waals surface area contributed by atoms with E-state index < -0.39 is 23.6 Å². The van der Waals surface area contributed by atoms with Crippen molar-refractivity contribution < 1.29 is 14.6 Å². The molecule has 4 rings (SSSR count).